The van der Waals surface area contributed by atoms with Gasteiger partial charge in [-0.2, -0.15) is 0 Å². The summed E-state index contributed by atoms with van der Waals surface area (Å²) in [6, 6.07) is 0. The fraction of sp³-hybridized carbons (Fsp3) is 0.706. The van der Waals surface area contributed by atoms with Crippen LogP contribution in [-0.2, 0) is 23.8 Å². The number of carbonyl (C=O) groups excluding carboxylic acids is 3. The van der Waals surface area contributed by atoms with Crippen molar-refractivity contribution in [2.75, 3.05) is 13.2 Å². The third kappa shape index (κ3) is 5.54. The molecular weight excluding hydrogens is 314 g/mol. The van der Waals surface area contributed by atoms with Crippen molar-refractivity contribution in [3.8, 4) is 0 Å². The Hall–Kier alpha value is -2.05. The first kappa shape index (κ1) is 20.0. The molecule has 0 aliphatic carbocycles. The van der Waals surface area contributed by atoms with E-state index in [1.807, 2.05) is 0 Å². The molecule has 24 heavy (non-hydrogen) atoms. The number of rotatable bonds is 3. The molecule has 1 heterocycles. The van der Waals surface area contributed by atoms with Gasteiger partial charge in [-0.15, -0.1) is 0 Å². The molecule has 1 aliphatic rings. The zero-order valence-corrected chi connectivity index (χ0v) is 15.5. The molecule has 7 heteroatoms. The summed E-state index contributed by atoms with van der Waals surface area (Å²) in [5.41, 5.74) is -1.41. The zero-order valence-electron chi connectivity index (χ0n) is 15.5. The largest absolute Gasteiger partial charge is 0.465 e. The molecule has 0 aromatic carbocycles. The lowest BCUT2D eigenvalue weighted by Crippen LogP contribution is -2.35. The smallest absolute Gasteiger partial charge is 0.414 e. The van der Waals surface area contributed by atoms with E-state index in [9.17, 15) is 14.4 Å². The van der Waals surface area contributed by atoms with Gasteiger partial charge in [-0.3, -0.25) is 14.5 Å². The molecule has 1 unspecified atom stereocenters. The number of carbonyl (C=O) groups is 3. The molecule has 0 radical (unpaired) electrons. The maximum atomic E-state index is 12.2. The van der Waals surface area contributed by atoms with Crippen LogP contribution in [0.2, 0.25) is 0 Å². The Bertz CT molecular complexity index is 538. The number of hydrogen-bond donors (Lipinski definition) is 0. The Morgan fingerprint density at radius 2 is 1.75 bits per heavy atom. The van der Waals surface area contributed by atoms with Gasteiger partial charge in [0, 0.05) is 12.7 Å². The zero-order chi connectivity index (χ0) is 18.7. The normalized spacial score (nSPS) is 18.0. The Morgan fingerprint density at radius 1 is 1.17 bits per heavy atom. The van der Waals surface area contributed by atoms with Gasteiger partial charge in [-0.25, -0.2) is 4.79 Å². The number of amides is 1. The molecular formula is C17H27NO6. The van der Waals surface area contributed by atoms with Crippen LogP contribution in [0.4, 0.5) is 4.79 Å². The Balaban J connectivity index is 2.97. The third-order valence-corrected chi connectivity index (χ3v) is 3.03. The van der Waals surface area contributed by atoms with Gasteiger partial charge in [0.05, 0.1) is 12.0 Å². The highest BCUT2D eigenvalue weighted by atomic mass is 16.6. The van der Waals surface area contributed by atoms with Gasteiger partial charge in [0.15, 0.2) is 0 Å². The minimum absolute atomic E-state index is 0.0144. The molecule has 0 bridgehead atoms. The predicted molar refractivity (Wildman–Crippen MR) is 86.7 cm³/mol. The Morgan fingerprint density at radius 3 is 2.21 bits per heavy atom. The van der Waals surface area contributed by atoms with Crippen molar-refractivity contribution < 1.29 is 28.6 Å². The standard InChI is InChI=1S/C17H27NO6/c1-8-22-13(19)11-9-18(15(21)24-17(5,6)7)10-12(11)23-14(20)16(2,3)4/h10-11H,8-9H2,1-7H3. The maximum absolute atomic E-state index is 12.2. The predicted octanol–water partition coefficient (Wildman–Crippen LogP) is 2.85. The molecule has 0 aromatic heterocycles. The molecule has 136 valence electrons. The maximum Gasteiger partial charge on any atom is 0.414 e. The van der Waals surface area contributed by atoms with Crippen LogP contribution < -0.4 is 0 Å². The molecule has 1 rings (SSSR count). The van der Waals surface area contributed by atoms with Crippen molar-refractivity contribution in [1.29, 1.82) is 0 Å². The lowest BCUT2D eigenvalue weighted by atomic mass is 9.97. The van der Waals surface area contributed by atoms with Crippen LogP contribution in [0.15, 0.2) is 12.0 Å². The van der Waals surface area contributed by atoms with E-state index < -0.39 is 35.0 Å². The van der Waals surface area contributed by atoms with Crippen LogP contribution >= 0.6 is 0 Å². The van der Waals surface area contributed by atoms with E-state index in [2.05, 4.69) is 0 Å². The average molecular weight is 341 g/mol. The van der Waals surface area contributed by atoms with E-state index in [0.29, 0.717) is 0 Å². The molecule has 0 fully saturated rings. The van der Waals surface area contributed by atoms with Crippen LogP contribution in [-0.4, -0.2) is 41.7 Å². The topological polar surface area (TPSA) is 82.1 Å². The highest BCUT2D eigenvalue weighted by molar-refractivity contribution is 5.82. The van der Waals surface area contributed by atoms with E-state index >= 15 is 0 Å². The second kappa shape index (κ2) is 7.23. The fourth-order valence-electron chi connectivity index (χ4n) is 1.82. The molecule has 0 spiro atoms. The first-order valence-corrected chi connectivity index (χ1v) is 7.95. The number of hydrogen-bond acceptors (Lipinski definition) is 6. The minimum Gasteiger partial charge on any atom is -0.465 e. The number of nitrogens with zero attached hydrogens (tertiary/aromatic N) is 1. The fourth-order valence-corrected chi connectivity index (χ4v) is 1.82. The molecule has 1 amide bonds. The average Bonchev–Trinajstić information content (AvgIpc) is 2.80. The van der Waals surface area contributed by atoms with Crippen LogP contribution in [0.3, 0.4) is 0 Å². The van der Waals surface area contributed by atoms with E-state index in [1.54, 1.807) is 48.5 Å². The molecule has 0 N–H and O–H groups in total. The molecule has 0 aromatic rings. The first-order valence-electron chi connectivity index (χ1n) is 7.95. The van der Waals surface area contributed by atoms with Crippen LogP contribution in [0.5, 0.6) is 0 Å². The second-order valence-corrected chi connectivity index (χ2v) is 7.61. The SMILES string of the molecule is CCOC(=O)C1CN(C(=O)OC(C)(C)C)C=C1OC(=O)C(C)(C)C. The summed E-state index contributed by atoms with van der Waals surface area (Å²) in [5.74, 6) is -1.78. The van der Waals surface area contributed by atoms with Gasteiger partial charge >= 0.3 is 18.0 Å². The van der Waals surface area contributed by atoms with E-state index in [0.717, 1.165) is 0 Å². The van der Waals surface area contributed by atoms with E-state index in [-0.39, 0.29) is 18.9 Å². The van der Waals surface area contributed by atoms with Crippen molar-refractivity contribution in [3.05, 3.63) is 12.0 Å². The van der Waals surface area contributed by atoms with E-state index in [4.69, 9.17) is 14.2 Å². The van der Waals surface area contributed by atoms with Gasteiger partial charge in [0.1, 0.15) is 17.3 Å². The minimum atomic E-state index is -0.844. The van der Waals surface area contributed by atoms with Crippen LogP contribution in [0.25, 0.3) is 0 Å². The summed E-state index contributed by atoms with van der Waals surface area (Å²) in [5, 5.41) is 0. The first-order chi connectivity index (χ1) is 10.8. The second-order valence-electron chi connectivity index (χ2n) is 7.61. The van der Waals surface area contributed by atoms with Crippen LogP contribution in [0, 0.1) is 11.3 Å². The summed E-state index contributed by atoms with van der Waals surface area (Å²) in [6.07, 6.45) is 0.720. The highest BCUT2D eigenvalue weighted by Gasteiger charge is 2.39. The van der Waals surface area contributed by atoms with Crippen molar-refractivity contribution >= 4 is 18.0 Å². The van der Waals surface area contributed by atoms with Gasteiger partial charge in [-0.1, -0.05) is 0 Å². The molecule has 1 aliphatic heterocycles. The summed E-state index contributed by atoms with van der Waals surface area (Å²) >= 11 is 0. The monoisotopic (exact) mass is 341 g/mol. The van der Waals surface area contributed by atoms with Crippen molar-refractivity contribution in [1.82, 2.24) is 4.90 Å². The molecule has 1 atom stereocenters. The highest BCUT2D eigenvalue weighted by Crippen LogP contribution is 2.28. The van der Waals surface area contributed by atoms with Gasteiger partial charge in [0.25, 0.3) is 0 Å². The summed E-state index contributed by atoms with van der Waals surface area (Å²) in [6.45, 7) is 12.2. The molecule has 7 nitrogen and oxygen atoms in total. The molecule has 0 saturated heterocycles. The molecule has 0 saturated carbocycles. The van der Waals surface area contributed by atoms with Crippen molar-refractivity contribution in [2.45, 2.75) is 54.1 Å². The third-order valence-electron chi connectivity index (χ3n) is 3.03. The number of ether oxygens (including phenoxy) is 3. The summed E-state index contributed by atoms with van der Waals surface area (Å²) in [7, 11) is 0. The Kier molecular flexibility index (Phi) is 6.03. The van der Waals surface area contributed by atoms with Crippen molar-refractivity contribution in [3.63, 3.8) is 0 Å². The van der Waals surface area contributed by atoms with Crippen LogP contribution in [0.1, 0.15) is 48.5 Å². The van der Waals surface area contributed by atoms with Crippen molar-refractivity contribution in [2.24, 2.45) is 11.3 Å². The van der Waals surface area contributed by atoms with Gasteiger partial charge in [-0.05, 0) is 48.5 Å². The van der Waals surface area contributed by atoms with Gasteiger partial charge < -0.3 is 14.2 Å². The van der Waals surface area contributed by atoms with E-state index in [1.165, 1.54) is 11.1 Å². The lowest BCUT2D eigenvalue weighted by Gasteiger charge is -2.23. The quantitative estimate of drug-likeness (QED) is 0.580. The summed E-state index contributed by atoms with van der Waals surface area (Å²) in [4.78, 5) is 37.6. The Labute approximate surface area is 142 Å². The number of esters is 2. The summed E-state index contributed by atoms with van der Waals surface area (Å²) < 4.78 is 15.6. The van der Waals surface area contributed by atoms with Gasteiger partial charge in [0.2, 0.25) is 0 Å². The lowest BCUT2D eigenvalue weighted by molar-refractivity contribution is -0.153.